The van der Waals surface area contributed by atoms with Gasteiger partial charge in [0.1, 0.15) is 10.8 Å². The summed E-state index contributed by atoms with van der Waals surface area (Å²) in [6.45, 7) is 6.64. The fourth-order valence-corrected chi connectivity index (χ4v) is 2.74. The number of anilines is 1. The molecule has 0 saturated carbocycles. The highest BCUT2D eigenvalue weighted by Gasteiger charge is 2.16. The van der Waals surface area contributed by atoms with E-state index in [1.807, 2.05) is 19.9 Å². The zero-order chi connectivity index (χ0) is 13.8. The normalized spacial score (nSPS) is 18.5. The summed E-state index contributed by atoms with van der Waals surface area (Å²) >= 11 is 5.12. The predicted octanol–water partition coefficient (Wildman–Crippen LogP) is 2.17. The standard InChI is InChI=1S/C14H21N3OS/c1-9-7-10(2)17-14(12(9)13(15)19)16-5-3-11-4-6-18-8-11/h7,11H,3-6,8H2,1-2H3,(H2,15,19)(H,16,17). The van der Waals surface area contributed by atoms with Crippen molar-refractivity contribution in [3.8, 4) is 0 Å². The fourth-order valence-electron chi connectivity index (χ4n) is 2.48. The van der Waals surface area contributed by atoms with E-state index in [0.29, 0.717) is 10.9 Å². The maximum absolute atomic E-state index is 5.79. The lowest BCUT2D eigenvalue weighted by Crippen LogP contribution is -2.18. The first kappa shape index (κ1) is 14.2. The van der Waals surface area contributed by atoms with E-state index in [1.54, 1.807) is 0 Å². The lowest BCUT2D eigenvalue weighted by atomic mass is 10.1. The van der Waals surface area contributed by atoms with Crippen LogP contribution in [0.15, 0.2) is 6.07 Å². The molecule has 3 N–H and O–H groups in total. The van der Waals surface area contributed by atoms with Crippen molar-refractivity contribution in [2.75, 3.05) is 25.1 Å². The largest absolute Gasteiger partial charge is 0.389 e. The molecule has 1 aromatic rings. The van der Waals surface area contributed by atoms with Gasteiger partial charge in [-0.1, -0.05) is 12.2 Å². The van der Waals surface area contributed by atoms with Crippen LogP contribution in [-0.4, -0.2) is 29.7 Å². The van der Waals surface area contributed by atoms with Gasteiger partial charge in [0.25, 0.3) is 0 Å². The predicted molar refractivity (Wildman–Crippen MR) is 81.6 cm³/mol. The van der Waals surface area contributed by atoms with Crippen LogP contribution in [-0.2, 0) is 4.74 Å². The summed E-state index contributed by atoms with van der Waals surface area (Å²) in [5.41, 5.74) is 8.71. The Labute approximate surface area is 119 Å². The van der Waals surface area contributed by atoms with Crippen LogP contribution in [0.25, 0.3) is 0 Å². The van der Waals surface area contributed by atoms with Gasteiger partial charge in [0, 0.05) is 25.5 Å². The Morgan fingerprint density at radius 3 is 3.00 bits per heavy atom. The van der Waals surface area contributed by atoms with E-state index < -0.39 is 0 Å². The highest BCUT2D eigenvalue weighted by Crippen LogP contribution is 2.20. The third-order valence-electron chi connectivity index (χ3n) is 3.46. The number of ether oxygens (including phenoxy) is 1. The van der Waals surface area contributed by atoms with Crippen LogP contribution in [0.3, 0.4) is 0 Å². The summed E-state index contributed by atoms with van der Waals surface area (Å²) < 4.78 is 5.38. The molecule has 0 spiro atoms. The van der Waals surface area contributed by atoms with E-state index in [9.17, 15) is 0 Å². The van der Waals surface area contributed by atoms with Crippen LogP contribution in [0.1, 0.15) is 29.7 Å². The number of aryl methyl sites for hydroxylation is 2. The first-order chi connectivity index (χ1) is 9.08. The van der Waals surface area contributed by atoms with Gasteiger partial charge in [0.2, 0.25) is 0 Å². The topological polar surface area (TPSA) is 60.2 Å². The molecule has 0 bridgehead atoms. The van der Waals surface area contributed by atoms with Crippen LogP contribution in [0.4, 0.5) is 5.82 Å². The fraction of sp³-hybridized carbons (Fsp3) is 0.571. The highest BCUT2D eigenvalue weighted by molar-refractivity contribution is 7.80. The highest BCUT2D eigenvalue weighted by atomic mass is 32.1. The zero-order valence-corrected chi connectivity index (χ0v) is 12.3. The van der Waals surface area contributed by atoms with Crippen molar-refractivity contribution in [2.45, 2.75) is 26.7 Å². The summed E-state index contributed by atoms with van der Waals surface area (Å²) in [6, 6.07) is 2.00. The van der Waals surface area contributed by atoms with Gasteiger partial charge in [-0.2, -0.15) is 0 Å². The number of rotatable bonds is 5. The van der Waals surface area contributed by atoms with Gasteiger partial charge in [0.05, 0.1) is 5.56 Å². The molecule has 4 nitrogen and oxygen atoms in total. The third-order valence-corrected chi connectivity index (χ3v) is 3.66. The molecule has 0 amide bonds. The average molecular weight is 279 g/mol. The summed E-state index contributed by atoms with van der Waals surface area (Å²) in [6.07, 6.45) is 2.25. The second-order valence-corrected chi connectivity index (χ2v) is 5.55. The van der Waals surface area contributed by atoms with Gasteiger partial charge in [0.15, 0.2) is 0 Å². The van der Waals surface area contributed by atoms with Gasteiger partial charge in [-0.3, -0.25) is 0 Å². The molecule has 2 heterocycles. The molecule has 1 aliphatic rings. The molecule has 0 aliphatic carbocycles. The maximum Gasteiger partial charge on any atom is 0.136 e. The molecule has 0 aromatic carbocycles. The summed E-state index contributed by atoms with van der Waals surface area (Å²) in [4.78, 5) is 4.91. The Balaban J connectivity index is 2.03. The average Bonchev–Trinajstić information content (AvgIpc) is 2.80. The number of nitrogens with zero attached hydrogens (tertiary/aromatic N) is 1. The van der Waals surface area contributed by atoms with Crippen molar-refractivity contribution in [1.29, 1.82) is 0 Å². The second kappa shape index (κ2) is 6.30. The van der Waals surface area contributed by atoms with Gasteiger partial charge >= 0.3 is 0 Å². The monoisotopic (exact) mass is 279 g/mol. The molecular weight excluding hydrogens is 258 g/mol. The second-order valence-electron chi connectivity index (χ2n) is 5.11. The Kier molecular flexibility index (Phi) is 4.71. The van der Waals surface area contributed by atoms with Crippen LogP contribution < -0.4 is 11.1 Å². The minimum atomic E-state index is 0.400. The first-order valence-corrected chi connectivity index (χ1v) is 7.08. The molecule has 1 unspecified atom stereocenters. The summed E-state index contributed by atoms with van der Waals surface area (Å²) in [5, 5.41) is 3.37. The van der Waals surface area contributed by atoms with E-state index in [-0.39, 0.29) is 0 Å². The van der Waals surface area contributed by atoms with Crippen molar-refractivity contribution in [3.05, 3.63) is 22.9 Å². The Morgan fingerprint density at radius 1 is 1.58 bits per heavy atom. The molecule has 1 fully saturated rings. The molecular formula is C14H21N3OS. The minimum Gasteiger partial charge on any atom is -0.389 e. The third kappa shape index (κ3) is 3.64. The van der Waals surface area contributed by atoms with Gasteiger partial charge in [-0.15, -0.1) is 0 Å². The van der Waals surface area contributed by atoms with Crippen LogP contribution in [0.5, 0.6) is 0 Å². The number of hydrogen-bond acceptors (Lipinski definition) is 4. The Morgan fingerprint density at radius 2 is 2.37 bits per heavy atom. The van der Waals surface area contributed by atoms with Crippen LogP contribution in [0.2, 0.25) is 0 Å². The molecule has 1 aromatic heterocycles. The first-order valence-electron chi connectivity index (χ1n) is 6.67. The number of aromatic nitrogens is 1. The molecule has 0 radical (unpaired) electrons. The van der Waals surface area contributed by atoms with Crippen molar-refractivity contribution in [2.24, 2.45) is 11.7 Å². The van der Waals surface area contributed by atoms with E-state index in [1.165, 1.54) is 0 Å². The van der Waals surface area contributed by atoms with Crippen molar-refractivity contribution < 1.29 is 4.74 Å². The number of hydrogen-bond donors (Lipinski definition) is 2. The van der Waals surface area contributed by atoms with E-state index >= 15 is 0 Å². The smallest absolute Gasteiger partial charge is 0.136 e. The van der Waals surface area contributed by atoms with Gasteiger partial charge in [-0.25, -0.2) is 4.98 Å². The number of nitrogens with one attached hydrogen (secondary N) is 1. The SMILES string of the molecule is Cc1cc(C)c(C(N)=S)c(NCCC2CCOC2)n1. The summed E-state index contributed by atoms with van der Waals surface area (Å²) in [5.74, 6) is 1.47. The quantitative estimate of drug-likeness (QED) is 0.809. The van der Waals surface area contributed by atoms with Crippen molar-refractivity contribution in [3.63, 3.8) is 0 Å². The zero-order valence-electron chi connectivity index (χ0n) is 11.5. The summed E-state index contributed by atoms with van der Waals surface area (Å²) in [7, 11) is 0. The number of nitrogens with two attached hydrogens (primary N) is 1. The Bertz CT molecular complexity index is 470. The van der Waals surface area contributed by atoms with Crippen molar-refractivity contribution in [1.82, 2.24) is 4.98 Å². The molecule has 5 heteroatoms. The van der Waals surface area contributed by atoms with Crippen molar-refractivity contribution >= 4 is 23.0 Å². The van der Waals surface area contributed by atoms with E-state index in [4.69, 9.17) is 22.7 Å². The Hall–Kier alpha value is -1.20. The lowest BCUT2D eigenvalue weighted by molar-refractivity contribution is 0.185. The van der Waals surface area contributed by atoms with Gasteiger partial charge in [-0.05, 0) is 44.2 Å². The molecule has 1 saturated heterocycles. The molecule has 19 heavy (non-hydrogen) atoms. The number of thiocarbonyl (C=S) groups is 1. The molecule has 104 valence electrons. The van der Waals surface area contributed by atoms with Gasteiger partial charge < -0.3 is 15.8 Å². The molecule has 1 aliphatic heterocycles. The van der Waals surface area contributed by atoms with Crippen LogP contribution in [0, 0.1) is 19.8 Å². The lowest BCUT2D eigenvalue weighted by Gasteiger charge is -2.15. The van der Waals surface area contributed by atoms with Crippen LogP contribution >= 0.6 is 12.2 Å². The van der Waals surface area contributed by atoms with E-state index in [2.05, 4.69) is 10.3 Å². The van der Waals surface area contributed by atoms with E-state index in [0.717, 1.165) is 55.2 Å². The molecule has 1 atom stereocenters. The molecule has 2 rings (SSSR count). The number of pyridine rings is 1. The maximum atomic E-state index is 5.79. The minimum absolute atomic E-state index is 0.400.